The van der Waals surface area contributed by atoms with E-state index in [4.69, 9.17) is 4.42 Å². The van der Waals surface area contributed by atoms with Gasteiger partial charge in [-0.15, -0.1) is 0 Å². The number of fused-ring (bicyclic) bond motifs is 1. The van der Waals surface area contributed by atoms with Crippen molar-refractivity contribution in [3.8, 4) is 0 Å². The summed E-state index contributed by atoms with van der Waals surface area (Å²) in [7, 11) is 0. The summed E-state index contributed by atoms with van der Waals surface area (Å²) >= 11 is 0. The fourth-order valence-electron chi connectivity index (χ4n) is 3.80. The number of piperazine rings is 1. The molecule has 0 bridgehead atoms. The Balaban J connectivity index is 1.19. The number of carbonyl (C=O) groups excluding carboxylic acids is 1. The van der Waals surface area contributed by atoms with E-state index in [0.29, 0.717) is 36.8 Å². The first-order valence-electron chi connectivity index (χ1n) is 10.0. The number of pyridine rings is 1. The summed E-state index contributed by atoms with van der Waals surface area (Å²) in [6.07, 6.45) is 4.87. The molecule has 5 rings (SSSR count). The molecule has 1 amide bonds. The van der Waals surface area contributed by atoms with E-state index >= 15 is 0 Å². The third-order valence-corrected chi connectivity index (χ3v) is 5.66. The highest BCUT2D eigenvalue weighted by Gasteiger charge is 2.25. The van der Waals surface area contributed by atoms with Crippen molar-refractivity contribution in [3.63, 3.8) is 0 Å². The van der Waals surface area contributed by atoms with Gasteiger partial charge in [0.2, 0.25) is 11.6 Å². The van der Waals surface area contributed by atoms with Crippen molar-refractivity contribution < 1.29 is 9.21 Å². The maximum Gasteiger partial charge on any atom is 0.300 e. The first-order chi connectivity index (χ1) is 13.7. The van der Waals surface area contributed by atoms with Gasteiger partial charge < -0.3 is 14.2 Å². The minimum atomic E-state index is 0.189. The van der Waals surface area contributed by atoms with Crippen LogP contribution in [0.5, 0.6) is 0 Å². The molecule has 28 heavy (non-hydrogen) atoms. The summed E-state index contributed by atoms with van der Waals surface area (Å²) in [6, 6.07) is 11.1. The Hall–Kier alpha value is -2.89. The van der Waals surface area contributed by atoms with Gasteiger partial charge in [0.25, 0.3) is 6.01 Å². The summed E-state index contributed by atoms with van der Waals surface area (Å²) < 4.78 is 5.86. The monoisotopic (exact) mass is 376 g/mol. The second-order valence-corrected chi connectivity index (χ2v) is 7.89. The molecule has 2 fully saturated rings. The van der Waals surface area contributed by atoms with Gasteiger partial charge in [-0.3, -0.25) is 4.79 Å². The molecule has 1 saturated carbocycles. The van der Waals surface area contributed by atoms with Crippen molar-refractivity contribution in [1.29, 1.82) is 0 Å². The second kappa shape index (κ2) is 6.93. The number of hydrogen-bond acceptors (Lipinski definition) is 5. The van der Waals surface area contributed by atoms with Crippen LogP contribution in [0.4, 0.5) is 6.01 Å². The lowest BCUT2D eigenvalue weighted by Gasteiger charge is -2.33. The van der Waals surface area contributed by atoms with Gasteiger partial charge in [0, 0.05) is 32.4 Å². The third-order valence-electron chi connectivity index (χ3n) is 5.66. The van der Waals surface area contributed by atoms with Gasteiger partial charge in [-0.2, -0.15) is 4.98 Å². The molecule has 3 heterocycles. The Morgan fingerprint density at radius 3 is 2.61 bits per heavy atom. The van der Waals surface area contributed by atoms with E-state index < -0.39 is 0 Å². The van der Waals surface area contributed by atoms with Crippen LogP contribution in [0.3, 0.4) is 0 Å². The largest absolute Gasteiger partial charge is 0.422 e. The lowest BCUT2D eigenvalue weighted by atomic mass is 10.1. The van der Waals surface area contributed by atoms with E-state index in [1.807, 2.05) is 17.9 Å². The van der Waals surface area contributed by atoms with Crippen LogP contribution >= 0.6 is 0 Å². The number of rotatable bonds is 4. The fraction of sp³-hybridized carbons (Fsp3) is 0.409. The molecule has 2 aromatic heterocycles. The molecule has 6 heteroatoms. The van der Waals surface area contributed by atoms with E-state index in [2.05, 4.69) is 39.1 Å². The Labute approximate surface area is 164 Å². The van der Waals surface area contributed by atoms with Gasteiger partial charge in [-0.05, 0) is 48.4 Å². The highest BCUT2D eigenvalue weighted by molar-refractivity contribution is 5.79. The van der Waals surface area contributed by atoms with Crippen molar-refractivity contribution in [2.75, 3.05) is 31.1 Å². The van der Waals surface area contributed by atoms with Gasteiger partial charge >= 0.3 is 0 Å². The summed E-state index contributed by atoms with van der Waals surface area (Å²) in [5, 5.41) is 0. The van der Waals surface area contributed by atoms with Crippen LogP contribution < -0.4 is 4.90 Å². The molecule has 1 aliphatic carbocycles. The molecule has 0 spiro atoms. The van der Waals surface area contributed by atoms with E-state index in [-0.39, 0.29) is 5.91 Å². The van der Waals surface area contributed by atoms with Crippen LogP contribution in [-0.4, -0.2) is 47.0 Å². The van der Waals surface area contributed by atoms with Crippen LogP contribution in [-0.2, 0) is 11.2 Å². The van der Waals surface area contributed by atoms with E-state index in [9.17, 15) is 4.79 Å². The number of benzene rings is 1. The molecule has 0 N–H and O–H groups in total. The van der Waals surface area contributed by atoms with E-state index in [0.717, 1.165) is 30.1 Å². The first-order valence-corrected chi connectivity index (χ1v) is 10.0. The smallest absolute Gasteiger partial charge is 0.300 e. The van der Waals surface area contributed by atoms with Crippen LogP contribution in [0, 0.1) is 6.92 Å². The van der Waals surface area contributed by atoms with Gasteiger partial charge in [0.15, 0.2) is 5.58 Å². The predicted octanol–water partition coefficient (Wildman–Crippen LogP) is 3.30. The van der Waals surface area contributed by atoms with Gasteiger partial charge in [-0.25, -0.2) is 4.98 Å². The average Bonchev–Trinajstić information content (AvgIpc) is 3.48. The number of aryl methyl sites for hydroxylation is 1. The van der Waals surface area contributed by atoms with Crippen molar-refractivity contribution in [1.82, 2.24) is 14.9 Å². The molecular formula is C22H24N4O2. The maximum absolute atomic E-state index is 12.7. The van der Waals surface area contributed by atoms with Crippen LogP contribution in [0.2, 0.25) is 0 Å². The van der Waals surface area contributed by atoms with Crippen LogP contribution in [0.1, 0.15) is 35.4 Å². The van der Waals surface area contributed by atoms with Crippen molar-refractivity contribution >= 4 is 23.2 Å². The number of amides is 1. The first kappa shape index (κ1) is 17.2. The van der Waals surface area contributed by atoms with E-state index in [1.165, 1.54) is 18.4 Å². The molecule has 1 saturated heterocycles. The van der Waals surface area contributed by atoms with Crippen LogP contribution in [0.25, 0.3) is 11.2 Å². The minimum absolute atomic E-state index is 0.189. The average molecular weight is 376 g/mol. The molecule has 0 atom stereocenters. The number of hydrogen-bond donors (Lipinski definition) is 0. The van der Waals surface area contributed by atoms with Gasteiger partial charge in [-0.1, -0.05) is 24.3 Å². The molecule has 2 aliphatic rings. The zero-order valence-electron chi connectivity index (χ0n) is 16.1. The summed E-state index contributed by atoms with van der Waals surface area (Å²) in [5.41, 5.74) is 4.90. The third kappa shape index (κ3) is 3.46. The number of anilines is 1. The number of oxazole rings is 1. The van der Waals surface area contributed by atoms with Crippen molar-refractivity contribution in [2.45, 2.75) is 32.1 Å². The number of nitrogens with zero attached hydrogens (tertiary/aromatic N) is 4. The molecule has 0 unspecified atom stereocenters. The quantitative estimate of drug-likeness (QED) is 0.699. The topological polar surface area (TPSA) is 62.5 Å². The molecular weight excluding hydrogens is 352 g/mol. The van der Waals surface area contributed by atoms with Gasteiger partial charge in [0.1, 0.15) is 0 Å². The number of aromatic nitrogens is 2. The molecule has 1 aromatic carbocycles. The SMILES string of the molecule is Cc1cnc2nc(N3CCN(C(=O)Cc4ccc(C5CC5)cc4)CC3)oc2c1. The standard InChI is InChI=1S/C22H24N4O2/c1-15-12-19-21(23-14-15)24-22(28-19)26-10-8-25(9-11-26)20(27)13-16-2-4-17(5-3-16)18-6-7-18/h2-5,12,14,18H,6-11,13H2,1H3. The maximum atomic E-state index is 12.7. The normalized spacial score (nSPS) is 17.3. The van der Waals surface area contributed by atoms with Crippen LogP contribution in [0.15, 0.2) is 40.9 Å². The highest BCUT2D eigenvalue weighted by Crippen LogP contribution is 2.39. The zero-order chi connectivity index (χ0) is 19.1. The molecule has 6 nitrogen and oxygen atoms in total. The van der Waals surface area contributed by atoms with Crippen molar-refractivity contribution in [3.05, 3.63) is 53.2 Å². The lowest BCUT2D eigenvalue weighted by molar-refractivity contribution is -0.130. The zero-order valence-corrected chi connectivity index (χ0v) is 16.1. The molecule has 0 radical (unpaired) electrons. The predicted molar refractivity (Wildman–Crippen MR) is 107 cm³/mol. The Kier molecular flexibility index (Phi) is 4.26. The Morgan fingerprint density at radius 2 is 1.89 bits per heavy atom. The number of carbonyl (C=O) groups is 1. The van der Waals surface area contributed by atoms with Gasteiger partial charge in [0.05, 0.1) is 6.42 Å². The van der Waals surface area contributed by atoms with E-state index in [1.54, 1.807) is 6.20 Å². The summed E-state index contributed by atoms with van der Waals surface area (Å²) in [4.78, 5) is 25.5. The highest BCUT2D eigenvalue weighted by atomic mass is 16.4. The molecule has 1 aliphatic heterocycles. The molecule has 144 valence electrons. The Morgan fingerprint density at radius 1 is 1.14 bits per heavy atom. The Bertz CT molecular complexity index is 999. The second-order valence-electron chi connectivity index (χ2n) is 7.89. The lowest BCUT2D eigenvalue weighted by Crippen LogP contribution is -2.49. The molecule has 3 aromatic rings. The van der Waals surface area contributed by atoms with Crippen molar-refractivity contribution in [2.24, 2.45) is 0 Å². The minimum Gasteiger partial charge on any atom is -0.422 e. The fourth-order valence-corrected chi connectivity index (χ4v) is 3.80. The summed E-state index contributed by atoms with van der Waals surface area (Å²) in [6.45, 7) is 4.79. The summed E-state index contributed by atoms with van der Waals surface area (Å²) in [5.74, 6) is 0.942.